The fraction of sp³-hybridized carbons (Fsp3) is 0.533. The van der Waals surface area contributed by atoms with Crippen LogP contribution in [0.1, 0.15) is 24.8 Å². The quantitative estimate of drug-likeness (QED) is 0.877. The van der Waals surface area contributed by atoms with E-state index in [2.05, 4.69) is 10.1 Å². The number of halogens is 3. The first-order valence-corrected chi connectivity index (χ1v) is 7.18. The monoisotopic (exact) mass is 316 g/mol. The molecule has 1 aromatic rings. The number of rotatable bonds is 6. The van der Waals surface area contributed by atoms with Gasteiger partial charge in [-0.15, -0.1) is 13.2 Å². The smallest absolute Gasteiger partial charge is 0.406 e. The first kappa shape index (κ1) is 16.6. The SMILES string of the molecule is CNCC[C@H]1CCC(=O)N1Cc1cccc(OC(F)(F)F)c1. The molecule has 122 valence electrons. The number of carbonyl (C=O) groups excluding carboxylic acids is 1. The molecule has 0 aromatic heterocycles. The van der Waals surface area contributed by atoms with E-state index in [0.717, 1.165) is 19.4 Å². The Kier molecular flexibility index (Phi) is 5.28. The molecule has 7 heteroatoms. The zero-order chi connectivity index (χ0) is 16.2. The molecule has 0 aliphatic carbocycles. The van der Waals surface area contributed by atoms with Gasteiger partial charge in [0.1, 0.15) is 5.75 Å². The fourth-order valence-electron chi connectivity index (χ4n) is 2.66. The van der Waals surface area contributed by atoms with Crippen molar-refractivity contribution in [3.63, 3.8) is 0 Å². The maximum atomic E-state index is 12.2. The van der Waals surface area contributed by atoms with Crippen LogP contribution in [0.25, 0.3) is 0 Å². The average Bonchev–Trinajstić information content (AvgIpc) is 2.76. The highest BCUT2D eigenvalue weighted by Gasteiger charge is 2.32. The Labute approximate surface area is 127 Å². The molecule has 0 spiro atoms. The Hall–Kier alpha value is -1.76. The van der Waals surface area contributed by atoms with Crippen molar-refractivity contribution in [1.82, 2.24) is 10.2 Å². The van der Waals surface area contributed by atoms with E-state index in [4.69, 9.17) is 0 Å². The second-order valence-corrected chi connectivity index (χ2v) is 5.30. The van der Waals surface area contributed by atoms with Crippen LogP contribution in [-0.2, 0) is 11.3 Å². The van der Waals surface area contributed by atoms with E-state index in [9.17, 15) is 18.0 Å². The summed E-state index contributed by atoms with van der Waals surface area (Å²) in [5, 5.41) is 3.05. The lowest BCUT2D eigenvalue weighted by Crippen LogP contribution is -2.34. The van der Waals surface area contributed by atoms with Gasteiger partial charge in [0.2, 0.25) is 5.91 Å². The number of nitrogens with zero attached hydrogens (tertiary/aromatic N) is 1. The van der Waals surface area contributed by atoms with Crippen molar-refractivity contribution >= 4 is 5.91 Å². The van der Waals surface area contributed by atoms with Crippen molar-refractivity contribution in [2.75, 3.05) is 13.6 Å². The third-order valence-electron chi connectivity index (χ3n) is 3.67. The predicted molar refractivity (Wildman–Crippen MR) is 75.2 cm³/mol. The van der Waals surface area contributed by atoms with Crippen LogP contribution < -0.4 is 10.1 Å². The molecule has 4 nitrogen and oxygen atoms in total. The van der Waals surface area contributed by atoms with Gasteiger partial charge >= 0.3 is 6.36 Å². The second kappa shape index (κ2) is 7.00. The van der Waals surface area contributed by atoms with E-state index in [-0.39, 0.29) is 17.7 Å². The van der Waals surface area contributed by atoms with Crippen molar-refractivity contribution in [1.29, 1.82) is 0 Å². The van der Waals surface area contributed by atoms with Crippen molar-refractivity contribution in [3.8, 4) is 5.75 Å². The molecule has 0 bridgehead atoms. The molecular weight excluding hydrogens is 297 g/mol. The van der Waals surface area contributed by atoms with Crippen LogP contribution in [0, 0.1) is 0 Å². The lowest BCUT2D eigenvalue weighted by Gasteiger charge is -2.25. The number of benzene rings is 1. The summed E-state index contributed by atoms with van der Waals surface area (Å²) in [5.74, 6) is -0.216. The molecule has 1 heterocycles. The maximum Gasteiger partial charge on any atom is 0.573 e. The van der Waals surface area contributed by atoms with Gasteiger partial charge in [0.15, 0.2) is 0 Å². The Morgan fingerprint density at radius 1 is 1.41 bits per heavy atom. The van der Waals surface area contributed by atoms with Crippen LogP contribution in [0.3, 0.4) is 0 Å². The molecule has 1 fully saturated rings. The summed E-state index contributed by atoms with van der Waals surface area (Å²) in [6.45, 7) is 1.11. The van der Waals surface area contributed by atoms with Crippen LogP contribution in [0.5, 0.6) is 5.75 Å². The summed E-state index contributed by atoms with van der Waals surface area (Å²) in [4.78, 5) is 13.7. The number of likely N-dealkylation sites (tertiary alicyclic amines) is 1. The average molecular weight is 316 g/mol. The van der Waals surface area contributed by atoms with Gasteiger partial charge in [0, 0.05) is 19.0 Å². The van der Waals surface area contributed by atoms with E-state index in [0.29, 0.717) is 18.5 Å². The molecule has 0 saturated carbocycles. The predicted octanol–water partition coefficient (Wildman–Crippen LogP) is 2.69. The number of alkyl halides is 3. The van der Waals surface area contributed by atoms with Crippen LogP contribution in [0.2, 0.25) is 0 Å². The summed E-state index contributed by atoms with van der Waals surface area (Å²) in [7, 11) is 1.85. The highest BCUT2D eigenvalue weighted by Crippen LogP contribution is 2.27. The van der Waals surface area contributed by atoms with Gasteiger partial charge in [-0.05, 0) is 44.1 Å². The minimum Gasteiger partial charge on any atom is -0.406 e. The molecular formula is C15H19F3N2O2. The largest absolute Gasteiger partial charge is 0.573 e. The molecule has 0 radical (unpaired) electrons. The topological polar surface area (TPSA) is 41.6 Å². The third-order valence-corrected chi connectivity index (χ3v) is 3.67. The normalized spacial score (nSPS) is 18.8. The number of ether oxygens (including phenoxy) is 1. The first-order chi connectivity index (χ1) is 10.4. The summed E-state index contributed by atoms with van der Waals surface area (Å²) >= 11 is 0. The number of amides is 1. The van der Waals surface area contributed by atoms with Gasteiger partial charge < -0.3 is 15.0 Å². The molecule has 22 heavy (non-hydrogen) atoms. The first-order valence-electron chi connectivity index (χ1n) is 7.18. The summed E-state index contributed by atoms with van der Waals surface area (Å²) in [6, 6.07) is 5.91. The zero-order valence-corrected chi connectivity index (χ0v) is 12.3. The fourth-order valence-corrected chi connectivity index (χ4v) is 2.66. The molecule has 2 rings (SSSR count). The Morgan fingerprint density at radius 3 is 2.86 bits per heavy atom. The van der Waals surface area contributed by atoms with E-state index < -0.39 is 6.36 Å². The number of nitrogens with one attached hydrogen (secondary N) is 1. The van der Waals surface area contributed by atoms with E-state index in [1.165, 1.54) is 18.2 Å². The minimum atomic E-state index is -4.71. The minimum absolute atomic E-state index is 0.0447. The summed E-state index contributed by atoms with van der Waals surface area (Å²) in [6.07, 6.45) is -2.59. The van der Waals surface area contributed by atoms with E-state index in [1.807, 2.05) is 7.05 Å². The highest BCUT2D eigenvalue weighted by atomic mass is 19.4. The molecule has 1 saturated heterocycles. The van der Waals surface area contributed by atoms with Gasteiger partial charge in [-0.2, -0.15) is 0 Å². The van der Waals surface area contributed by atoms with Crippen LogP contribution in [0.15, 0.2) is 24.3 Å². The summed E-state index contributed by atoms with van der Waals surface area (Å²) in [5.41, 5.74) is 0.631. The van der Waals surface area contributed by atoms with Crippen LogP contribution >= 0.6 is 0 Å². The van der Waals surface area contributed by atoms with Gasteiger partial charge in [-0.1, -0.05) is 12.1 Å². The van der Waals surface area contributed by atoms with Crippen molar-refractivity contribution < 1.29 is 22.7 Å². The highest BCUT2D eigenvalue weighted by molar-refractivity contribution is 5.78. The van der Waals surface area contributed by atoms with Crippen molar-refractivity contribution in [2.45, 2.75) is 38.2 Å². The molecule has 1 N–H and O–H groups in total. The maximum absolute atomic E-state index is 12.2. The van der Waals surface area contributed by atoms with Gasteiger partial charge in [0.05, 0.1) is 0 Å². The zero-order valence-electron chi connectivity index (χ0n) is 12.3. The molecule has 1 aromatic carbocycles. The van der Waals surface area contributed by atoms with Crippen molar-refractivity contribution in [2.24, 2.45) is 0 Å². The van der Waals surface area contributed by atoms with Gasteiger partial charge in [0.25, 0.3) is 0 Å². The molecule has 0 unspecified atom stereocenters. The number of hydrogen-bond donors (Lipinski definition) is 1. The van der Waals surface area contributed by atoms with Crippen molar-refractivity contribution in [3.05, 3.63) is 29.8 Å². The number of carbonyl (C=O) groups is 1. The molecule has 1 aliphatic heterocycles. The lowest BCUT2D eigenvalue weighted by atomic mass is 10.1. The van der Waals surface area contributed by atoms with Crippen LogP contribution in [0.4, 0.5) is 13.2 Å². The van der Waals surface area contributed by atoms with Crippen LogP contribution in [-0.4, -0.2) is 36.8 Å². The second-order valence-electron chi connectivity index (χ2n) is 5.30. The van der Waals surface area contributed by atoms with Gasteiger partial charge in [-0.3, -0.25) is 4.79 Å². The standard InChI is InChI=1S/C15H19F3N2O2/c1-19-8-7-12-5-6-14(21)20(12)10-11-3-2-4-13(9-11)22-15(16,17)18/h2-4,9,12,19H,5-8,10H2,1H3/t12-/m1/s1. The number of hydrogen-bond acceptors (Lipinski definition) is 3. The van der Waals surface area contributed by atoms with E-state index in [1.54, 1.807) is 11.0 Å². The molecule has 1 aliphatic rings. The van der Waals surface area contributed by atoms with Gasteiger partial charge in [-0.25, -0.2) is 0 Å². The Morgan fingerprint density at radius 2 is 2.18 bits per heavy atom. The summed E-state index contributed by atoms with van der Waals surface area (Å²) < 4.78 is 40.7. The Balaban J connectivity index is 2.05. The molecule has 1 atom stereocenters. The van der Waals surface area contributed by atoms with E-state index >= 15 is 0 Å². The third kappa shape index (κ3) is 4.62. The lowest BCUT2D eigenvalue weighted by molar-refractivity contribution is -0.274. The Bertz CT molecular complexity index is 520. The molecule has 1 amide bonds.